The van der Waals surface area contributed by atoms with E-state index in [1.54, 1.807) is 49.4 Å². The topological polar surface area (TPSA) is 75.7 Å². The molecule has 1 N–H and O–H groups in total. The average Bonchev–Trinajstić information content (AvgIpc) is 2.62. The van der Waals surface area contributed by atoms with Gasteiger partial charge in [-0.3, -0.25) is 9.10 Å². The predicted octanol–water partition coefficient (Wildman–Crippen LogP) is 4.23. The van der Waals surface area contributed by atoms with Gasteiger partial charge in [0.15, 0.2) is 0 Å². The number of aryl methyl sites for hydroxylation is 1. The van der Waals surface area contributed by atoms with Crippen LogP contribution in [0.3, 0.4) is 0 Å². The van der Waals surface area contributed by atoms with Crippen molar-refractivity contribution in [3.63, 3.8) is 0 Å². The first-order valence-corrected chi connectivity index (χ1v) is 11.2. The van der Waals surface area contributed by atoms with E-state index in [1.165, 1.54) is 0 Å². The highest BCUT2D eigenvalue weighted by Gasteiger charge is 2.31. The lowest BCUT2D eigenvalue weighted by atomic mass is 10.1. The lowest BCUT2D eigenvalue weighted by molar-refractivity contribution is -0.117. The molecule has 0 saturated heterocycles. The first kappa shape index (κ1) is 22.0. The van der Waals surface area contributed by atoms with Crippen LogP contribution < -0.4 is 14.4 Å². The quantitative estimate of drug-likeness (QED) is 0.688. The molecule has 2 rings (SSSR count). The molecular formula is C20H25ClN2O4S. The Hall–Kier alpha value is -2.25. The van der Waals surface area contributed by atoms with Gasteiger partial charge in [0.05, 0.1) is 18.6 Å². The number of nitrogens with zero attached hydrogens (tertiary/aromatic N) is 1. The van der Waals surface area contributed by atoms with Crippen LogP contribution in [0.2, 0.25) is 5.02 Å². The zero-order valence-electron chi connectivity index (χ0n) is 16.4. The van der Waals surface area contributed by atoms with E-state index in [-0.39, 0.29) is 0 Å². The minimum Gasteiger partial charge on any atom is -0.494 e. The Kier molecular flexibility index (Phi) is 7.32. The number of rotatable bonds is 8. The molecule has 1 amide bonds. The van der Waals surface area contributed by atoms with Gasteiger partial charge in [-0.15, -0.1) is 0 Å². The highest BCUT2D eigenvalue weighted by atomic mass is 35.5. The lowest BCUT2D eigenvalue weighted by Crippen LogP contribution is -2.47. The maximum Gasteiger partial charge on any atom is 0.248 e. The maximum atomic E-state index is 13.0. The second-order valence-corrected chi connectivity index (χ2v) is 8.65. The Bertz CT molecular complexity index is 930. The number of amides is 1. The van der Waals surface area contributed by atoms with Gasteiger partial charge < -0.3 is 10.1 Å². The predicted molar refractivity (Wildman–Crippen MR) is 114 cm³/mol. The van der Waals surface area contributed by atoms with E-state index in [0.717, 1.165) is 16.1 Å². The van der Waals surface area contributed by atoms with Crippen molar-refractivity contribution in [2.24, 2.45) is 0 Å². The minimum atomic E-state index is -3.70. The molecule has 0 bridgehead atoms. The molecule has 0 spiro atoms. The fourth-order valence-electron chi connectivity index (χ4n) is 2.86. The van der Waals surface area contributed by atoms with Gasteiger partial charge in [-0.25, -0.2) is 8.42 Å². The van der Waals surface area contributed by atoms with Crippen molar-refractivity contribution < 1.29 is 17.9 Å². The van der Waals surface area contributed by atoms with Crippen LogP contribution in [0.4, 0.5) is 11.4 Å². The summed E-state index contributed by atoms with van der Waals surface area (Å²) in [6, 6.07) is 10.9. The van der Waals surface area contributed by atoms with Crippen LogP contribution in [0, 0.1) is 6.92 Å². The van der Waals surface area contributed by atoms with Gasteiger partial charge in [-0.2, -0.15) is 0 Å². The highest BCUT2D eigenvalue weighted by Crippen LogP contribution is 2.27. The second-order valence-electron chi connectivity index (χ2n) is 6.36. The molecule has 6 nitrogen and oxygen atoms in total. The largest absolute Gasteiger partial charge is 0.494 e. The van der Waals surface area contributed by atoms with Crippen LogP contribution in [-0.2, 0) is 14.8 Å². The minimum absolute atomic E-state index is 0.297. The molecule has 0 fully saturated rings. The number of carbonyl (C=O) groups excluding carboxylic acids is 1. The number of anilines is 2. The second kappa shape index (κ2) is 9.30. The van der Waals surface area contributed by atoms with Gasteiger partial charge in [0, 0.05) is 10.7 Å². The number of hydrogen-bond donors (Lipinski definition) is 1. The number of nitrogens with one attached hydrogen (secondary N) is 1. The molecule has 8 heteroatoms. The molecule has 0 radical (unpaired) electrons. The standard InChI is InChI=1S/C20H25ClN2O4S/c1-5-19(20(24)22-18-13-15(21)8-7-14(18)3)23(28(4,25)26)16-9-11-17(12-10-16)27-6-2/h7-13,19H,5-6H2,1-4H3,(H,22,24)/t19-/m1/s1. The molecule has 0 saturated carbocycles. The summed E-state index contributed by atoms with van der Waals surface area (Å²) >= 11 is 6.02. The first-order valence-electron chi connectivity index (χ1n) is 8.96. The van der Waals surface area contributed by atoms with Crippen LogP contribution in [-0.4, -0.2) is 33.2 Å². The van der Waals surface area contributed by atoms with Crippen molar-refractivity contribution in [2.45, 2.75) is 33.2 Å². The Morgan fingerprint density at radius 2 is 1.82 bits per heavy atom. The normalized spacial score (nSPS) is 12.3. The third-order valence-corrected chi connectivity index (χ3v) is 5.60. The third kappa shape index (κ3) is 5.39. The van der Waals surface area contributed by atoms with Crippen LogP contribution in [0.5, 0.6) is 5.75 Å². The van der Waals surface area contributed by atoms with Crippen LogP contribution in [0.1, 0.15) is 25.8 Å². The van der Waals surface area contributed by atoms with Crippen LogP contribution in [0.15, 0.2) is 42.5 Å². The number of benzene rings is 2. The molecule has 0 aliphatic rings. The summed E-state index contributed by atoms with van der Waals surface area (Å²) in [5.74, 6) is 0.207. The summed E-state index contributed by atoms with van der Waals surface area (Å²) in [5, 5.41) is 3.29. The summed E-state index contributed by atoms with van der Waals surface area (Å²) in [6.07, 6.45) is 1.38. The number of hydrogen-bond acceptors (Lipinski definition) is 4. The highest BCUT2D eigenvalue weighted by molar-refractivity contribution is 7.92. The van der Waals surface area contributed by atoms with Crippen molar-refractivity contribution in [3.05, 3.63) is 53.1 Å². The Balaban J connectivity index is 2.37. The average molecular weight is 425 g/mol. The number of sulfonamides is 1. The van der Waals surface area contributed by atoms with E-state index in [4.69, 9.17) is 16.3 Å². The Labute approximate surface area is 171 Å². The molecule has 1 atom stereocenters. The van der Waals surface area contributed by atoms with Crippen molar-refractivity contribution >= 4 is 38.9 Å². The van der Waals surface area contributed by atoms with Gasteiger partial charge in [0.2, 0.25) is 15.9 Å². The van der Waals surface area contributed by atoms with E-state index in [2.05, 4.69) is 5.32 Å². The molecule has 2 aromatic carbocycles. The first-order chi connectivity index (χ1) is 13.2. The van der Waals surface area contributed by atoms with E-state index in [1.807, 2.05) is 13.8 Å². The monoisotopic (exact) mass is 424 g/mol. The zero-order chi connectivity index (χ0) is 20.9. The molecule has 0 unspecified atom stereocenters. The summed E-state index contributed by atoms with van der Waals surface area (Å²) in [7, 11) is -3.70. The fraction of sp³-hybridized carbons (Fsp3) is 0.350. The smallest absolute Gasteiger partial charge is 0.248 e. The Morgan fingerprint density at radius 1 is 1.18 bits per heavy atom. The molecule has 152 valence electrons. The molecule has 0 aromatic heterocycles. The summed E-state index contributed by atoms with van der Waals surface area (Å²) in [6.45, 7) is 5.98. The van der Waals surface area contributed by atoms with Gasteiger partial charge in [0.25, 0.3) is 0 Å². The number of carbonyl (C=O) groups is 1. The summed E-state index contributed by atoms with van der Waals surface area (Å²) in [5.41, 5.74) is 1.78. The Morgan fingerprint density at radius 3 is 2.36 bits per heavy atom. The van der Waals surface area contributed by atoms with E-state index in [9.17, 15) is 13.2 Å². The van der Waals surface area contributed by atoms with Crippen LogP contribution >= 0.6 is 11.6 Å². The zero-order valence-corrected chi connectivity index (χ0v) is 18.0. The van der Waals surface area contributed by atoms with Gasteiger partial charge in [-0.05, 0) is 62.2 Å². The van der Waals surface area contributed by atoms with E-state index < -0.39 is 22.0 Å². The van der Waals surface area contributed by atoms with Crippen molar-refractivity contribution in [2.75, 3.05) is 22.5 Å². The summed E-state index contributed by atoms with van der Waals surface area (Å²) in [4.78, 5) is 13.0. The number of ether oxygens (including phenoxy) is 1. The molecule has 2 aromatic rings. The van der Waals surface area contributed by atoms with E-state index in [0.29, 0.717) is 35.2 Å². The van der Waals surface area contributed by atoms with Crippen molar-refractivity contribution in [1.82, 2.24) is 0 Å². The third-order valence-electron chi connectivity index (χ3n) is 4.19. The number of halogens is 1. The molecular weight excluding hydrogens is 400 g/mol. The van der Waals surface area contributed by atoms with Gasteiger partial charge >= 0.3 is 0 Å². The van der Waals surface area contributed by atoms with Crippen molar-refractivity contribution in [3.8, 4) is 5.75 Å². The van der Waals surface area contributed by atoms with Gasteiger partial charge in [-0.1, -0.05) is 24.6 Å². The van der Waals surface area contributed by atoms with Gasteiger partial charge in [0.1, 0.15) is 11.8 Å². The molecule has 28 heavy (non-hydrogen) atoms. The SMILES string of the molecule is CCOc1ccc(N([C@H](CC)C(=O)Nc2cc(Cl)ccc2C)S(C)(=O)=O)cc1. The maximum absolute atomic E-state index is 13.0. The van der Waals surface area contributed by atoms with Crippen molar-refractivity contribution in [1.29, 1.82) is 0 Å². The molecule has 0 heterocycles. The molecule has 0 aliphatic heterocycles. The van der Waals surface area contributed by atoms with Crippen LogP contribution in [0.25, 0.3) is 0 Å². The molecule has 0 aliphatic carbocycles. The lowest BCUT2D eigenvalue weighted by Gasteiger charge is -2.30. The fourth-order valence-corrected chi connectivity index (χ4v) is 4.24. The van der Waals surface area contributed by atoms with E-state index >= 15 is 0 Å². The summed E-state index contributed by atoms with van der Waals surface area (Å²) < 4.78 is 31.6.